The van der Waals surface area contributed by atoms with Crippen molar-refractivity contribution in [2.24, 2.45) is 0 Å². The zero-order valence-corrected chi connectivity index (χ0v) is 18.1. The highest BCUT2D eigenvalue weighted by Crippen LogP contribution is 2.39. The van der Waals surface area contributed by atoms with Crippen LogP contribution in [-0.2, 0) is 4.79 Å². The van der Waals surface area contributed by atoms with Crippen LogP contribution >= 0.6 is 23.1 Å². The van der Waals surface area contributed by atoms with Crippen molar-refractivity contribution >= 4 is 50.5 Å². The number of benzene rings is 2. The molecule has 3 aromatic rings. The molecule has 0 aliphatic carbocycles. The highest BCUT2D eigenvalue weighted by molar-refractivity contribution is 8.04. The largest absolute Gasteiger partial charge is 0.294 e. The number of aromatic nitrogens is 1. The second-order valence-electron chi connectivity index (χ2n) is 6.74. The molecule has 4 rings (SSSR count). The van der Waals surface area contributed by atoms with Gasteiger partial charge < -0.3 is 0 Å². The molecule has 1 aliphatic rings. The van der Waals surface area contributed by atoms with Crippen LogP contribution in [0.5, 0.6) is 0 Å². The van der Waals surface area contributed by atoms with E-state index in [2.05, 4.69) is 10.4 Å². The fourth-order valence-electron chi connectivity index (χ4n) is 3.35. The van der Waals surface area contributed by atoms with E-state index in [1.54, 1.807) is 35.4 Å². The number of nitrogens with zero attached hydrogens (tertiary/aromatic N) is 3. The number of thiazole rings is 1. The summed E-state index contributed by atoms with van der Waals surface area (Å²) < 4.78 is 1.96. The van der Waals surface area contributed by atoms with Crippen molar-refractivity contribution in [3.63, 3.8) is 0 Å². The third-order valence-corrected chi connectivity index (χ3v) is 6.96. The van der Waals surface area contributed by atoms with Crippen molar-refractivity contribution in [3.8, 4) is 0 Å². The number of fused-ring (bicyclic) bond motifs is 1. The monoisotopic (exact) mass is 438 g/mol. The highest BCUT2D eigenvalue weighted by atomic mass is 32.2. The quantitative estimate of drug-likeness (QED) is 0.420. The molecule has 0 saturated heterocycles. The van der Waals surface area contributed by atoms with E-state index in [0.29, 0.717) is 11.3 Å². The van der Waals surface area contributed by atoms with Gasteiger partial charge in [0.1, 0.15) is 0 Å². The first kappa shape index (κ1) is 20.1. The molecule has 0 amide bonds. The van der Waals surface area contributed by atoms with Gasteiger partial charge in [-0.05, 0) is 62.4 Å². The molecule has 0 atom stereocenters. The standard InChI is InChI=1S/C21H18N4O3S2/c1-12-19(14(3)26)13(2)24(15-8-10-16(11-9-15)25(27)28)23-20(12)30-21-22-17-6-4-5-7-18(17)29-21/h4-11,23H,1-3H3. The first-order valence-corrected chi connectivity index (χ1v) is 10.8. The fraction of sp³-hybridized carbons (Fsp3) is 0.143. The number of ketones is 1. The van der Waals surface area contributed by atoms with Crippen molar-refractivity contribution < 1.29 is 9.72 Å². The molecular weight excluding hydrogens is 420 g/mol. The summed E-state index contributed by atoms with van der Waals surface area (Å²) in [6.45, 7) is 5.31. The molecule has 1 aromatic heterocycles. The predicted octanol–water partition coefficient (Wildman–Crippen LogP) is 5.42. The topological polar surface area (TPSA) is 88.4 Å². The van der Waals surface area contributed by atoms with Crippen molar-refractivity contribution in [1.82, 2.24) is 10.4 Å². The molecule has 1 aliphatic heterocycles. The normalized spacial score (nSPS) is 14.3. The first-order valence-electron chi connectivity index (χ1n) is 9.13. The molecule has 0 saturated carbocycles. The van der Waals surface area contributed by atoms with Crippen LogP contribution in [0.1, 0.15) is 20.8 Å². The van der Waals surface area contributed by atoms with Crippen LogP contribution in [0.15, 0.2) is 74.7 Å². The number of allylic oxidation sites excluding steroid dienone is 3. The van der Waals surface area contributed by atoms with Crippen LogP contribution in [0.2, 0.25) is 0 Å². The number of hydrogen-bond donors (Lipinski definition) is 1. The molecule has 0 bridgehead atoms. The van der Waals surface area contributed by atoms with Crippen LogP contribution in [-0.4, -0.2) is 15.7 Å². The minimum Gasteiger partial charge on any atom is -0.294 e. The van der Waals surface area contributed by atoms with Gasteiger partial charge in [-0.3, -0.25) is 25.3 Å². The summed E-state index contributed by atoms with van der Waals surface area (Å²) in [6.07, 6.45) is 0. The first-order chi connectivity index (χ1) is 14.3. The van der Waals surface area contributed by atoms with Crippen LogP contribution in [0.3, 0.4) is 0 Å². The summed E-state index contributed by atoms with van der Waals surface area (Å²) in [5, 5.41) is 13.5. The van der Waals surface area contributed by atoms with Gasteiger partial charge in [-0.25, -0.2) is 4.98 Å². The Balaban J connectivity index is 1.72. The zero-order valence-electron chi connectivity index (χ0n) is 16.5. The van der Waals surface area contributed by atoms with Gasteiger partial charge in [0.05, 0.1) is 25.9 Å². The van der Waals surface area contributed by atoms with Gasteiger partial charge >= 0.3 is 0 Å². The number of nitrogens with one attached hydrogen (secondary N) is 1. The summed E-state index contributed by atoms with van der Waals surface area (Å²) in [7, 11) is 0. The van der Waals surface area contributed by atoms with E-state index in [1.165, 1.54) is 23.9 Å². The van der Waals surface area contributed by atoms with E-state index in [-0.39, 0.29) is 11.5 Å². The number of nitro groups is 1. The number of anilines is 1. The number of nitro benzene ring substituents is 1. The van der Waals surface area contributed by atoms with Crippen molar-refractivity contribution in [1.29, 1.82) is 0 Å². The van der Waals surface area contributed by atoms with Gasteiger partial charge in [0.2, 0.25) is 0 Å². The Labute approximate surface area is 181 Å². The molecule has 0 spiro atoms. The van der Waals surface area contributed by atoms with Crippen molar-refractivity contribution in [2.75, 3.05) is 5.01 Å². The Morgan fingerprint density at radius 2 is 1.87 bits per heavy atom. The van der Waals surface area contributed by atoms with E-state index >= 15 is 0 Å². The molecule has 30 heavy (non-hydrogen) atoms. The lowest BCUT2D eigenvalue weighted by Crippen LogP contribution is -2.40. The van der Waals surface area contributed by atoms with Crippen LogP contribution < -0.4 is 10.4 Å². The predicted molar refractivity (Wildman–Crippen MR) is 120 cm³/mol. The molecule has 0 fully saturated rings. The third-order valence-electron chi connectivity index (χ3n) is 4.76. The van der Waals surface area contributed by atoms with Gasteiger partial charge in [-0.1, -0.05) is 12.1 Å². The molecule has 9 heteroatoms. The Morgan fingerprint density at radius 3 is 2.50 bits per heavy atom. The van der Waals surface area contributed by atoms with Crippen molar-refractivity contribution in [3.05, 3.63) is 80.5 Å². The lowest BCUT2D eigenvalue weighted by Gasteiger charge is -2.34. The minimum absolute atomic E-state index is 0.0139. The van der Waals surface area contributed by atoms with Crippen LogP contribution in [0.4, 0.5) is 11.4 Å². The summed E-state index contributed by atoms with van der Waals surface area (Å²) in [5.41, 5.74) is 7.22. The second-order valence-corrected chi connectivity index (χ2v) is 9.03. The van der Waals surface area contributed by atoms with Crippen LogP contribution in [0, 0.1) is 10.1 Å². The summed E-state index contributed by atoms with van der Waals surface area (Å²) >= 11 is 3.06. The third kappa shape index (κ3) is 3.69. The van der Waals surface area contributed by atoms with Gasteiger partial charge in [0.15, 0.2) is 10.1 Å². The molecule has 152 valence electrons. The van der Waals surface area contributed by atoms with Crippen LogP contribution in [0.25, 0.3) is 10.2 Å². The average Bonchev–Trinajstić information content (AvgIpc) is 3.12. The highest BCUT2D eigenvalue weighted by Gasteiger charge is 2.27. The molecular formula is C21H18N4O3S2. The lowest BCUT2D eigenvalue weighted by atomic mass is 10.0. The van der Waals surface area contributed by atoms with Gasteiger partial charge in [0, 0.05) is 23.4 Å². The molecule has 7 nitrogen and oxygen atoms in total. The maximum absolute atomic E-state index is 12.4. The molecule has 2 aromatic carbocycles. The molecule has 0 radical (unpaired) electrons. The van der Waals surface area contributed by atoms with Gasteiger partial charge in [0.25, 0.3) is 5.69 Å². The smallest absolute Gasteiger partial charge is 0.269 e. The Morgan fingerprint density at radius 1 is 1.17 bits per heavy atom. The Kier molecular flexibility index (Phi) is 5.31. The average molecular weight is 439 g/mol. The van der Waals surface area contributed by atoms with Gasteiger partial charge in [-0.15, -0.1) is 11.3 Å². The number of rotatable bonds is 5. The fourth-order valence-corrected chi connectivity index (χ4v) is 5.44. The van der Waals surface area contributed by atoms with Crippen molar-refractivity contribution in [2.45, 2.75) is 25.1 Å². The maximum atomic E-state index is 12.4. The second kappa shape index (κ2) is 7.92. The summed E-state index contributed by atoms with van der Waals surface area (Å²) in [5.74, 6) is -0.0409. The van der Waals surface area contributed by atoms with E-state index in [4.69, 9.17) is 0 Å². The summed E-state index contributed by atoms with van der Waals surface area (Å²) in [4.78, 5) is 27.6. The molecule has 1 N–H and O–H groups in total. The number of non-ortho nitro benzene ring substituents is 1. The lowest BCUT2D eigenvalue weighted by molar-refractivity contribution is -0.384. The Bertz CT molecular complexity index is 1200. The molecule has 0 unspecified atom stereocenters. The number of Topliss-reactive ketones (excluding diaryl/α,β-unsaturated/α-hetero) is 1. The van der Waals surface area contributed by atoms with E-state index in [0.717, 1.165) is 30.9 Å². The zero-order chi connectivity index (χ0) is 21.4. The minimum atomic E-state index is -0.435. The van der Waals surface area contributed by atoms with Gasteiger partial charge in [-0.2, -0.15) is 0 Å². The van der Waals surface area contributed by atoms with E-state index < -0.39 is 4.92 Å². The summed E-state index contributed by atoms with van der Waals surface area (Å²) in [6, 6.07) is 14.2. The maximum Gasteiger partial charge on any atom is 0.269 e. The number of hydrazine groups is 1. The SMILES string of the molecule is CC(=O)C1=C(C)N(c2ccc([N+](=O)[O-])cc2)NC(Sc2nc3ccccc3s2)=C1C. The van der Waals surface area contributed by atoms with E-state index in [1.807, 2.05) is 38.1 Å². The van der Waals surface area contributed by atoms with E-state index in [9.17, 15) is 14.9 Å². The number of hydrogen-bond acceptors (Lipinski definition) is 8. The number of thioether (sulfide) groups is 1. The Hall–Kier alpha value is -3.17. The molecule has 2 heterocycles. The number of carbonyl (C=O) groups is 1. The number of para-hydroxylation sites is 1. The number of carbonyl (C=O) groups excluding carboxylic acids is 1.